The van der Waals surface area contributed by atoms with Gasteiger partial charge in [0.1, 0.15) is 0 Å². The molecule has 0 heterocycles. The predicted molar refractivity (Wildman–Crippen MR) is 68.7 cm³/mol. The lowest BCUT2D eigenvalue weighted by Gasteiger charge is -2.03. The minimum absolute atomic E-state index is 0.0594. The first-order valence-corrected chi connectivity index (χ1v) is 5.55. The van der Waals surface area contributed by atoms with E-state index in [1.807, 2.05) is 30.3 Å². The van der Waals surface area contributed by atoms with E-state index in [1.165, 1.54) is 6.08 Å². The van der Waals surface area contributed by atoms with Gasteiger partial charge in [0.05, 0.1) is 5.69 Å². The number of rotatable bonds is 4. The third-order valence-electron chi connectivity index (χ3n) is 2.58. The van der Waals surface area contributed by atoms with Crippen LogP contribution in [-0.4, -0.2) is 11.9 Å². The fourth-order valence-electron chi connectivity index (χ4n) is 1.73. The number of hydrogen-bond donors (Lipinski definition) is 0. The molecule has 2 aromatic carbocycles. The van der Waals surface area contributed by atoms with Crippen LogP contribution in [0.5, 0.6) is 0 Å². The van der Waals surface area contributed by atoms with E-state index in [0.29, 0.717) is 17.7 Å². The minimum atomic E-state index is -0.0594. The van der Waals surface area contributed by atoms with Crippen LogP contribution >= 0.6 is 0 Å². The first-order chi connectivity index (χ1) is 8.81. The molecule has 0 radical (unpaired) electrons. The summed E-state index contributed by atoms with van der Waals surface area (Å²) in [5.74, 6) is -0.0594. The number of hydrogen-bond acceptors (Lipinski definition) is 3. The fourth-order valence-corrected chi connectivity index (χ4v) is 1.73. The van der Waals surface area contributed by atoms with Gasteiger partial charge >= 0.3 is 0 Å². The normalized spacial score (nSPS) is 9.56. The zero-order valence-corrected chi connectivity index (χ0v) is 9.67. The van der Waals surface area contributed by atoms with Crippen LogP contribution in [-0.2, 0) is 11.2 Å². The molecule has 0 fully saturated rings. The van der Waals surface area contributed by atoms with Crippen molar-refractivity contribution in [1.29, 1.82) is 0 Å². The van der Waals surface area contributed by atoms with E-state index in [2.05, 4.69) is 4.99 Å². The third-order valence-corrected chi connectivity index (χ3v) is 2.58. The van der Waals surface area contributed by atoms with Gasteiger partial charge in [0.25, 0.3) is 0 Å². The molecule has 0 bridgehead atoms. The van der Waals surface area contributed by atoms with Crippen LogP contribution in [0.3, 0.4) is 0 Å². The van der Waals surface area contributed by atoms with Crippen molar-refractivity contribution in [2.45, 2.75) is 6.42 Å². The Hall–Kier alpha value is -2.51. The Morgan fingerprint density at radius 1 is 1.00 bits per heavy atom. The number of nitrogens with zero attached hydrogens (tertiary/aromatic N) is 1. The van der Waals surface area contributed by atoms with Crippen LogP contribution in [0.2, 0.25) is 0 Å². The largest absolute Gasteiger partial charge is 0.294 e. The Labute approximate surface area is 105 Å². The molecular weight excluding hydrogens is 226 g/mol. The molecule has 3 heteroatoms. The molecule has 0 aliphatic rings. The SMILES string of the molecule is O=C=Nc1ccccc1C(=O)Cc1ccccc1. The van der Waals surface area contributed by atoms with Gasteiger partial charge in [-0.15, -0.1) is 0 Å². The summed E-state index contributed by atoms with van der Waals surface area (Å²) in [7, 11) is 0. The second-order valence-electron chi connectivity index (χ2n) is 3.81. The van der Waals surface area contributed by atoms with Crippen molar-refractivity contribution in [2.75, 3.05) is 0 Å². The van der Waals surface area contributed by atoms with Crippen LogP contribution in [0.4, 0.5) is 5.69 Å². The highest BCUT2D eigenvalue weighted by Crippen LogP contribution is 2.20. The molecule has 0 unspecified atom stereocenters. The van der Waals surface area contributed by atoms with E-state index in [4.69, 9.17) is 0 Å². The van der Waals surface area contributed by atoms with E-state index in [0.717, 1.165) is 5.56 Å². The van der Waals surface area contributed by atoms with Crippen molar-refractivity contribution in [3.63, 3.8) is 0 Å². The molecule has 2 aromatic rings. The average Bonchev–Trinajstić information content (AvgIpc) is 2.41. The second kappa shape index (κ2) is 5.71. The molecular formula is C15H11NO2. The number of isocyanates is 1. The van der Waals surface area contributed by atoms with Crippen molar-refractivity contribution in [1.82, 2.24) is 0 Å². The Kier molecular flexibility index (Phi) is 3.79. The Balaban J connectivity index is 2.27. The first kappa shape index (κ1) is 12.0. The molecule has 88 valence electrons. The van der Waals surface area contributed by atoms with Gasteiger partial charge in [-0.1, -0.05) is 42.5 Å². The predicted octanol–water partition coefficient (Wildman–Crippen LogP) is 3.08. The van der Waals surface area contributed by atoms with Crippen molar-refractivity contribution in [3.05, 3.63) is 65.7 Å². The molecule has 2 rings (SSSR count). The lowest BCUT2D eigenvalue weighted by atomic mass is 10.0. The molecule has 0 saturated heterocycles. The van der Waals surface area contributed by atoms with Gasteiger partial charge in [-0.2, -0.15) is 4.99 Å². The minimum Gasteiger partial charge on any atom is -0.294 e. The lowest BCUT2D eigenvalue weighted by Crippen LogP contribution is -2.03. The molecule has 0 spiro atoms. The van der Waals surface area contributed by atoms with Crippen LogP contribution < -0.4 is 0 Å². The maximum Gasteiger partial charge on any atom is 0.240 e. The monoisotopic (exact) mass is 237 g/mol. The molecule has 18 heavy (non-hydrogen) atoms. The Morgan fingerprint density at radius 2 is 1.67 bits per heavy atom. The lowest BCUT2D eigenvalue weighted by molar-refractivity contribution is 0.0993. The van der Waals surface area contributed by atoms with Gasteiger partial charge < -0.3 is 0 Å². The number of para-hydroxylation sites is 1. The van der Waals surface area contributed by atoms with Crippen molar-refractivity contribution in [3.8, 4) is 0 Å². The highest BCUT2D eigenvalue weighted by Gasteiger charge is 2.10. The van der Waals surface area contributed by atoms with Crippen LogP contribution in [0.25, 0.3) is 0 Å². The van der Waals surface area contributed by atoms with Crippen LogP contribution in [0.1, 0.15) is 15.9 Å². The zero-order chi connectivity index (χ0) is 12.8. The summed E-state index contributed by atoms with van der Waals surface area (Å²) >= 11 is 0. The van der Waals surface area contributed by atoms with Gasteiger partial charge in [0.15, 0.2) is 5.78 Å². The quantitative estimate of drug-likeness (QED) is 0.466. The van der Waals surface area contributed by atoms with Crippen LogP contribution in [0.15, 0.2) is 59.6 Å². The number of carbonyl (C=O) groups is 1. The second-order valence-corrected chi connectivity index (χ2v) is 3.81. The van der Waals surface area contributed by atoms with Gasteiger partial charge in [0, 0.05) is 12.0 Å². The fraction of sp³-hybridized carbons (Fsp3) is 0.0667. The first-order valence-electron chi connectivity index (χ1n) is 5.55. The summed E-state index contributed by atoms with van der Waals surface area (Å²) < 4.78 is 0. The summed E-state index contributed by atoms with van der Waals surface area (Å²) in [5.41, 5.74) is 1.76. The van der Waals surface area contributed by atoms with E-state index in [1.54, 1.807) is 24.3 Å². The Morgan fingerprint density at radius 3 is 2.39 bits per heavy atom. The molecule has 0 N–H and O–H groups in total. The molecule has 3 nitrogen and oxygen atoms in total. The molecule has 0 aliphatic heterocycles. The van der Waals surface area contributed by atoms with Crippen LogP contribution in [0, 0.1) is 0 Å². The summed E-state index contributed by atoms with van der Waals surface area (Å²) in [6, 6.07) is 16.2. The highest BCUT2D eigenvalue weighted by molar-refractivity contribution is 6.02. The van der Waals surface area contributed by atoms with Gasteiger partial charge in [-0.3, -0.25) is 4.79 Å². The van der Waals surface area contributed by atoms with Gasteiger partial charge in [0.2, 0.25) is 6.08 Å². The number of carbonyl (C=O) groups excluding carboxylic acids is 2. The van der Waals surface area contributed by atoms with Gasteiger partial charge in [-0.25, -0.2) is 4.79 Å². The van der Waals surface area contributed by atoms with Crippen molar-refractivity contribution in [2.24, 2.45) is 4.99 Å². The Bertz CT molecular complexity index is 599. The smallest absolute Gasteiger partial charge is 0.240 e. The van der Waals surface area contributed by atoms with E-state index >= 15 is 0 Å². The van der Waals surface area contributed by atoms with Gasteiger partial charge in [-0.05, 0) is 17.7 Å². The average molecular weight is 237 g/mol. The number of ketones is 1. The standard InChI is InChI=1S/C15H11NO2/c17-11-16-14-9-5-4-8-13(14)15(18)10-12-6-2-1-3-7-12/h1-9H,10H2. The number of aliphatic imine (C=N–C) groups is 1. The summed E-state index contributed by atoms with van der Waals surface area (Å²) in [6.07, 6.45) is 1.76. The molecule has 0 aliphatic carbocycles. The van der Waals surface area contributed by atoms with E-state index in [-0.39, 0.29) is 5.78 Å². The summed E-state index contributed by atoms with van der Waals surface area (Å²) in [4.78, 5) is 26.0. The maximum atomic E-state index is 12.1. The number of benzene rings is 2. The molecule has 0 saturated carbocycles. The van der Waals surface area contributed by atoms with Crippen molar-refractivity contribution < 1.29 is 9.59 Å². The maximum absolute atomic E-state index is 12.1. The summed E-state index contributed by atoms with van der Waals surface area (Å²) in [5, 5.41) is 0. The van der Waals surface area contributed by atoms with E-state index < -0.39 is 0 Å². The highest BCUT2D eigenvalue weighted by atomic mass is 16.1. The zero-order valence-electron chi connectivity index (χ0n) is 9.67. The number of Topliss-reactive ketones (excluding diaryl/α,β-unsaturated/α-hetero) is 1. The topological polar surface area (TPSA) is 46.5 Å². The van der Waals surface area contributed by atoms with Crippen molar-refractivity contribution >= 4 is 17.6 Å². The van der Waals surface area contributed by atoms with E-state index in [9.17, 15) is 9.59 Å². The molecule has 0 aromatic heterocycles. The molecule has 0 atom stereocenters. The molecule has 0 amide bonds. The third kappa shape index (κ3) is 2.78. The summed E-state index contributed by atoms with van der Waals surface area (Å²) in [6.45, 7) is 0.